The lowest BCUT2D eigenvalue weighted by atomic mass is 9.82. The predicted molar refractivity (Wildman–Crippen MR) is 149 cm³/mol. The van der Waals surface area contributed by atoms with Gasteiger partial charge in [-0.2, -0.15) is 0 Å². The molecule has 0 bridgehead atoms. The Labute approximate surface area is 209 Å². The van der Waals surface area contributed by atoms with Gasteiger partial charge in [0.1, 0.15) is 17.2 Å². The van der Waals surface area contributed by atoms with Crippen molar-refractivity contribution in [2.24, 2.45) is 5.92 Å². The van der Waals surface area contributed by atoms with Crippen LogP contribution in [0.5, 0.6) is 5.75 Å². The van der Waals surface area contributed by atoms with Crippen LogP contribution in [0.3, 0.4) is 0 Å². The third-order valence-corrected chi connectivity index (χ3v) is 20.5. The molecule has 2 aromatic rings. The van der Waals surface area contributed by atoms with E-state index in [1.807, 2.05) is 7.11 Å². The third kappa shape index (κ3) is 4.44. The minimum absolute atomic E-state index is 0.175. The Bertz CT molecular complexity index is 905. The Morgan fingerprint density at radius 3 is 1.53 bits per heavy atom. The molecule has 1 aliphatic carbocycles. The summed E-state index contributed by atoms with van der Waals surface area (Å²) in [5.41, 5.74) is 0.729. The molecule has 0 aromatic heterocycles. The van der Waals surface area contributed by atoms with E-state index in [4.69, 9.17) is 4.74 Å². The molecule has 0 saturated heterocycles. The third-order valence-electron chi connectivity index (χ3n) is 9.39. The Morgan fingerprint density at radius 1 is 0.794 bits per heavy atom. The second kappa shape index (κ2) is 10.7. The molecule has 1 saturated carbocycles. The number of benzene rings is 2. The molecular weight excluding hydrogens is 455 g/mol. The lowest BCUT2D eigenvalue weighted by Gasteiger charge is -2.39. The van der Waals surface area contributed by atoms with Crippen LogP contribution in [0.4, 0.5) is 4.39 Å². The van der Waals surface area contributed by atoms with E-state index in [-0.39, 0.29) is 11.7 Å². The van der Waals surface area contributed by atoms with Gasteiger partial charge in [-0.1, -0.05) is 102 Å². The molecule has 2 nitrogen and oxygen atoms in total. The van der Waals surface area contributed by atoms with Crippen molar-refractivity contribution < 1.29 is 14.2 Å². The van der Waals surface area contributed by atoms with Gasteiger partial charge in [0.2, 0.25) is 0 Å². The summed E-state index contributed by atoms with van der Waals surface area (Å²) in [5, 5.41) is 15.2. The van der Waals surface area contributed by atoms with Gasteiger partial charge in [0.15, 0.2) is 0 Å². The van der Waals surface area contributed by atoms with Gasteiger partial charge in [0.25, 0.3) is 0 Å². The van der Waals surface area contributed by atoms with Gasteiger partial charge in [0.05, 0.1) is 23.3 Å². The fraction of sp³-hybridized carbons (Fsp3) is 0.586. The van der Waals surface area contributed by atoms with Gasteiger partial charge in [-0.25, -0.2) is 4.39 Å². The first-order chi connectivity index (χ1) is 16.2. The molecule has 0 radical (unpaired) electrons. The van der Waals surface area contributed by atoms with E-state index in [1.165, 1.54) is 22.5 Å². The van der Waals surface area contributed by atoms with E-state index in [9.17, 15) is 9.50 Å². The standard InChI is InChI=1S/C29H45FO2Si2/c1-8-33(9-2,10-3)26-20-24(21-27(28(26)32-7)34(11-4,12-5)13-6)29(31,22-14-15-22)23-16-18-25(30)19-17-23/h16-22,31H,8-15H2,1-7H3. The fourth-order valence-corrected chi connectivity index (χ4v) is 14.1. The van der Waals surface area contributed by atoms with Crippen LogP contribution in [0.25, 0.3) is 0 Å². The van der Waals surface area contributed by atoms with Gasteiger partial charge in [-0.05, 0) is 52.4 Å². The monoisotopic (exact) mass is 500 g/mol. The molecule has 1 unspecified atom stereocenters. The zero-order valence-electron chi connectivity index (χ0n) is 22.4. The number of aliphatic hydroxyl groups is 1. The van der Waals surface area contributed by atoms with E-state index >= 15 is 0 Å². The maximum Gasteiger partial charge on any atom is 0.123 e. The van der Waals surface area contributed by atoms with Crippen molar-refractivity contribution in [1.29, 1.82) is 0 Å². The van der Waals surface area contributed by atoms with E-state index in [1.54, 1.807) is 12.1 Å². The Morgan fingerprint density at radius 2 is 1.21 bits per heavy atom. The molecule has 1 atom stereocenters. The lowest BCUT2D eigenvalue weighted by Crippen LogP contribution is -2.54. The first-order valence-corrected chi connectivity index (χ1v) is 18.7. The highest BCUT2D eigenvalue weighted by molar-refractivity contribution is 6.95. The Balaban J connectivity index is 2.43. The van der Waals surface area contributed by atoms with Crippen LogP contribution in [-0.2, 0) is 5.60 Å². The lowest BCUT2D eigenvalue weighted by molar-refractivity contribution is 0.0565. The largest absolute Gasteiger partial charge is 0.497 e. The molecule has 34 heavy (non-hydrogen) atoms. The average Bonchev–Trinajstić information content (AvgIpc) is 3.73. The van der Waals surface area contributed by atoms with Gasteiger partial charge >= 0.3 is 0 Å². The molecule has 3 rings (SSSR count). The van der Waals surface area contributed by atoms with Crippen molar-refractivity contribution in [3.8, 4) is 5.75 Å². The van der Waals surface area contributed by atoms with Gasteiger partial charge in [-0.15, -0.1) is 0 Å². The van der Waals surface area contributed by atoms with Crippen molar-refractivity contribution in [2.45, 2.75) is 96.2 Å². The maximum absolute atomic E-state index is 13.8. The van der Waals surface area contributed by atoms with Crippen molar-refractivity contribution in [1.82, 2.24) is 0 Å². The summed E-state index contributed by atoms with van der Waals surface area (Å²) in [5.74, 6) is 1.03. The molecule has 5 heteroatoms. The number of halogens is 1. The minimum Gasteiger partial charge on any atom is -0.497 e. The van der Waals surface area contributed by atoms with Crippen LogP contribution in [0, 0.1) is 11.7 Å². The summed E-state index contributed by atoms with van der Waals surface area (Å²) >= 11 is 0. The van der Waals surface area contributed by atoms with Crippen molar-refractivity contribution >= 4 is 26.5 Å². The Hall–Kier alpha value is -1.44. The highest BCUT2D eigenvalue weighted by Gasteiger charge is 2.48. The number of ether oxygens (including phenoxy) is 1. The molecule has 1 fully saturated rings. The number of methoxy groups -OCH3 is 1. The highest BCUT2D eigenvalue weighted by Crippen LogP contribution is 2.50. The SMILES string of the molecule is CC[Si](CC)(CC)c1cc(C(O)(c2ccc(F)cc2)C2CC2)cc([Si](CC)(CC)CC)c1OC. The van der Waals surface area contributed by atoms with Crippen LogP contribution in [0.15, 0.2) is 36.4 Å². The van der Waals surface area contributed by atoms with Crippen molar-refractivity contribution in [3.05, 3.63) is 53.3 Å². The van der Waals surface area contributed by atoms with Gasteiger partial charge in [-0.3, -0.25) is 0 Å². The first kappa shape index (κ1) is 27.2. The predicted octanol–water partition coefficient (Wildman–Crippen LogP) is 6.91. The molecule has 0 spiro atoms. The Kier molecular flexibility index (Phi) is 8.52. The second-order valence-corrected chi connectivity index (χ2v) is 20.8. The van der Waals surface area contributed by atoms with Crippen LogP contribution >= 0.6 is 0 Å². The van der Waals surface area contributed by atoms with Crippen LogP contribution < -0.4 is 15.1 Å². The highest BCUT2D eigenvalue weighted by atomic mass is 28.3. The van der Waals surface area contributed by atoms with Crippen LogP contribution in [0.1, 0.15) is 65.5 Å². The van der Waals surface area contributed by atoms with E-state index < -0.39 is 21.7 Å². The average molecular weight is 501 g/mol. The molecule has 1 N–H and O–H groups in total. The van der Waals surface area contributed by atoms with Gasteiger partial charge in [0, 0.05) is 0 Å². The fourth-order valence-electron chi connectivity index (χ4n) is 6.34. The zero-order valence-corrected chi connectivity index (χ0v) is 24.4. The molecule has 0 amide bonds. The normalized spacial score (nSPS) is 16.4. The maximum atomic E-state index is 13.8. The molecule has 0 heterocycles. The van der Waals surface area contributed by atoms with E-state index in [0.717, 1.165) is 66.0 Å². The smallest absolute Gasteiger partial charge is 0.123 e. The molecule has 2 aromatic carbocycles. The summed E-state index contributed by atoms with van der Waals surface area (Å²) in [4.78, 5) is 0. The summed E-state index contributed by atoms with van der Waals surface area (Å²) < 4.78 is 20.1. The number of hydrogen-bond acceptors (Lipinski definition) is 2. The van der Waals surface area contributed by atoms with Crippen molar-refractivity contribution in [2.75, 3.05) is 7.11 Å². The molecule has 1 aliphatic rings. The first-order valence-electron chi connectivity index (χ1n) is 13.5. The second-order valence-electron chi connectivity index (χ2n) is 10.3. The van der Waals surface area contributed by atoms with Crippen molar-refractivity contribution in [3.63, 3.8) is 0 Å². The van der Waals surface area contributed by atoms with Gasteiger partial charge < -0.3 is 9.84 Å². The molecule has 0 aliphatic heterocycles. The molecule has 188 valence electrons. The summed E-state index contributed by atoms with van der Waals surface area (Å²) in [6, 6.07) is 18.1. The number of hydrogen-bond donors (Lipinski definition) is 1. The summed E-state index contributed by atoms with van der Waals surface area (Å²) in [6.45, 7) is 14.0. The quantitative estimate of drug-likeness (QED) is 0.321. The van der Waals surface area contributed by atoms with Crippen LogP contribution in [0.2, 0.25) is 36.3 Å². The topological polar surface area (TPSA) is 29.5 Å². The zero-order chi connectivity index (χ0) is 25.1. The number of rotatable bonds is 12. The van der Waals surface area contributed by atoms with Crippen LogP contribution in [-0.4, -0.2) is 28.4 Å². The molecular formula is C29H45FO2Si2. The minimum atomic E-state index is -1.82. The summed E-state index contributed by atoms with van der Waals surface area (Å²) in [7, 11) is -1.79. The summed E-state index contributed by atoms with van der Waals surface area (Å²) in [6.07, 6.45) is 2.00. The van der Waals surface area contributed by atoms with E-state index in [0.29, 0.717) is 0 Å². The van der Waals surface area contributed by atoms with E-state index in [2.05, 4.69) is 53.7 Å².